The Morgan fingerprint density at radius 2 is 1.86 bits per heavy atom. The molecule has 0 aliphatic heterocycles. The minimum atomic E-state index is -0.525. The van der Waals surface area contributed by atoms with Gasteiger partial charge in [-0.25, -0.2) is 13.8 Å². The fourth-order valence-corrected chi connectivity index (χ4v) is 4.24. The van der Waals surface area contributed by atoms with E-state index >= 15 is 4.39 Å². The molecule has 0 fully saturated rings. The molecule has 0 bridgehead atoms. The van der Waals surface area contributed by atoms with Gasteiger partial charge in [0.05, 0.1) is 17.4 Å². The monoisotopic (exact) mass is 495 g/mol. The number of hydrogen-bond donors (Lipinski definition) is 3. The topological polar surface area (TPSA) is 112 Å². The number of carbonyl (C=O) groups excluding carboxylic acids is 1. The standard InChI is InChI=1S/C27H19F2N7O/c1-2-22(37)32-16-9-15(12-30-13-16)14-10-18-23(20(29)11-14)35-36-25(18)27-33-21-7-8-31-24(26(21)34-27)17-5-3-4-6-19(17)28/h3-13H,2H2,1H3,(H,32,37)(H,33,34)(H,35,36). The van der Waals surface area contributed by atoms with Crippen LogP contribution in [0.1, 0.15) is 13.3 Å². The van der Waals surface area contributed by atoms with E-state index in [0.29, 0.717) is 62.4 Å². The first-order chi connectivity index (χ1) is 18.0. The first-order valence-electron chi connectivity index (χ1n) is 11.5. The van der Waals surface area contributed by atoms with E-state index in [1.54, 1.807) is 55.7 Å². The van der Waals surface area contributed by atoms with E-state index in [2.05, 4.69) is 35.5 Å². The van der Waals surface area contributed by atoms with Crippen molar-refractivity contribution in [1.29, 1.82) is 0 Å². The molecule has 8 nitrogen and oxygen atoms in total. The molecule has 4 heterocycles. The van der Waals surface area contributed by atoms with Gasteiger partial charge >= 0.3 is 0 Å². The number of aromatic nitrogens is 6. The van der Waals surface area contributed by atoms with Gasteiger partial charge in [-0.1, -0.05) is 19.1 Å². The predicted octanol–water partition coefficient (Wildman–Crippen LogP) is 5.86. The van der Waals surface area contributed by atoms with Crippen molar-refractivity contribution in [2.45, 2.75) is 13.3 Å². The van der Waals surface area contributed by atoms with Gasteiger partial charge in [-0.05, 0) is 42.0 Å². The number of nitrogens with one attached hydrogen (secondary N) is 3. The third-order valence-corrected chi connectivity index (χ3v) is 6.06. The van der Waals surface area contributed by atoms with Crippen LogP contribution in [0.4, 0.5) is 14.5 Å². The Bertz CT molecular complexity index is 1810. The zero-order valence-corrected chi connectivity index (χ0v) is 19.5. The van der Waals surface area contributed by atoms with E-state index in [9.17, 15) is 9.18 Å². The summed E-state index contributed by atoms with van der Waals surface area (Å²) in [5.41, 5.74) is 4.15. The van der Waals surface area contributed by atoms with Crippen LogP contribution in [0.3, 0.4) is 0 Å². The lowest BCUT2D eigenvalue weighted by Crippen LogP contribution is -2.09. The molecule has 4 aromatic heterocycles. The number of fused-ring (bicyclic) bond motifs is 2. The second kappa shape index (κ2) is 8.90. The summed E-state index contributed by atoms with van der Waals surface area (Å²) < 4.78 is 29.6. The Labute approximate surface area is 208 Å². The lowest BCUT2D eigenvalue weighted by Gasteiger charge is -2.07. The maximum absolute atomic E-state index is 15.1. The number of pyridine rings is 2. The van der Waals surface area contributed by atoms with Gasteiger partial charge in [-0.3, -0.25) is 19.9 Å². The molecule has 10 heteroatoms. The number of H-pyrrole nitrogens is 2. The number of amides is 1. The van der Waals surface area contributed by atoms with E-state index in [1.165, 1.54) is 18.3 Å². The summed E-state index contributed by atoms with van der Waals surface area (Å²) in [4.78, 5) is 28.2. The van der Waals surface area contributed by atoms with E-state index in [-0.39, 0.29) is 11.4 Å². The molecule has 2 aromatic carbocycles. The zero-order chi connectivity index (χ0) is 25.5. The second-order valence-electron chi connectivity index (χ2n) is 8.44. The second-order valence-corrected chi connectivity index (χ2v) is 8.44. The highest BCUT2D eigenvalue weighted by molar-refractivity contribution is 5.98. The van der Waals surface area contributed by atoms with Gasteiger partial charge < -0.3 is 10.3 Å². The molecule has 37 heavy (non-hydrogen) atoms. The molecule has 182 valence electrons. The van der Waals surface area contributed by atoms with Crippen LogP contribution in [0.2, 0.25) is 0 Å². The zero-order valence-electron chi connectivity index (χ0n) is 19.5. The summed E-state index contributed by atoms with van der Waals surface area (Å²) in [5.74, 6) is -0.673. The maximum Gasteiger partial charge on any atom is 0.224 e. The third kappa shape index (κ3) is 3.98. The number of halogens is 2. The molecule has 0 saturated carbocycles. The molecular weight excluding hydrogens is 476 g/mol. The van der Waals surface area contributed by atoms with Gasteiger partial charge in [-0.2, -0.15) is 5.10 Å². The summed E-state index contributed by atoms with van der Waals surface area (Å²) in [5, 5.41) is 10.3. The number of carbonyl (C=O) groups is 1. The van der Waals surface area contributed by atoms with E-state index in [4.69, 9.17) is 0 Å². The minimum absolute atomic E-state index is 0.146. The fraction of sp³-hybridized carbons (Fsp3) is 0.0741. The molecular formula is C27H19F2N7O. The molecule has 6 rings (SSSR count). The largest absolute Gasteiger partial charge is 0.337 e. The van der Waals surface area contributed by atoms with Crippen LogP contribution >= 0.6 is 0 Å². The Balaban J connectivity index is 1.47. The Morgan fingerprint density at radius 1 is 1.00 bits per heavy atom. The van der Waals surface area contributed by atoms with Crippen molar-refractivity contribution >= 4 is 33.5 Å². The number of benzene rings is 2. The molecule has 0 aliphatic rings. The Kier molecular flexibility index (Phi) is 5.41. The maximum atomic E-state index is 15.1. The molecule has 0 unspecified atom stereocenters. The molecule has 0 spiro atoms. The van der Waals surface area contributed by atoms with Gasteiger partial charge in [-0.15, -0.1) is 0 Å². The molecule has 0 atom stereocenters. The van der Waals surface area contributed by atoms with Crippen molar-refractivity contribution in [3.05, 3.63) is 78.8 Å². The van der Waals surface area contributed by atoms with Crippen molar-refractivity contribution in [3.63, 3.8) is 0 Å². The highest BCUT2D eigenvalue weighted by Gasteiger charge is 2.19. The smallest absolute Gasteiger partial charge is 0.224 e. The van der Waals surface area contributed by atoms with Crippen LogP contribution in [-0.4, -0.2) is 36.0 Å². The summed E-state index contributed by atoms with van der Waals surface area (Å²) in [6, 6.07) is 13.0. The van der Waals surface area contributed by atoms with Gasteiger partial charge in [0, 0.05) is 35.3 Å². The van der Waals surface area contributed by atoms with Gasteiger partial charge in [0.2, 0.25) is 5.91 Å². The van der Waals surface area contributed by atoms with Gasteiger partial charge in [0.25, 0.3) is 0 Å². The first kappa shape index (κ1) is 22.5. The number of imidazole rings is 1. The molecule has 1 amide bonds. The molecule has 6 aromatic rings. The van der Waals surface area contributed by atoms with Crippen molar-refractivity contribution < 1.29 is 13.6 Å². The van der Waals surface area contributed by atoms with Crippen LogP contribution in [0.5, 0.6) is 0 Å². The van der Waals surface area contributed by atoms with Crippen LogP contribution in [-0.2, 0) is 4.79 Å². The lowest BCUT2D eigenvalue weighted by molar-refractivity contribution is -0.115. The highest BCUT2D eigenvalue weighted by Crippen LogP contribution is 2.34. The normalized spacial score (nSPS) is 11.3. The van der Waals surface area contributed by atoms with E-state index < -0.39 is 11.6 Å². The van der Waals surface area contributed by atoms with Gasteiger partial charge in [0.15, 0.2) is 11.6 Å². The Hall–Kier alpha value is -4.99. The summed E-state index contributed by atoms with van der Waals surface area (Å²) in [7, 11) is 0. The summed E-state index contributed by atoms with van der Waals surface area (Å²) in [6.45, 7) is 1.75. The molecule has 0 saturated heterocycles. The lowest BCUT2D eigenvalue weighted by atomic mass is 10.0. The number of anilines is 1. The van der Waals surface area contributed by atoms with Crippen molar-refractivity contribution in [1.82, 2.24) is 30.1 Å². The molecule has 0 radical (unpaired) electrons. The van der Waals surface area contributed by atoms with Crippen molar-refractivity contribution in [2.24, 2.45) is 0 Å². The Morgan fingerprint density at radius 3 is 2.70 bits per heavy atom. The SMILES string of the molecule is CCC(=O)Nc1cncc(-c2cc(F)c3n[nH]c(-c4nc5c(-c6ccccc6F)nccc5[nH]4)c3c2)c1. The third-order valence-electron chi connectivity index (χ3n) is 6.06. The number of nitrogens with zero attached hydrogens (tertiary/aromatic N) is 4. The van der Waals surface area contributed by atoms with Crippen molar-refractivity contribution in [2.75, 3.05) is 5.32 Å². The van der Waals surface area contributed by atoms with E-state index in [1.807, 2.05) is 0 Å². The first-order valence-corrected chi connectivity index (χ1v) is 11.5. The average Bonchev–Trinajstić information content (AvgIpc) is 3.53. The van der Waals surface area contributed by atoms with Crippen molar-refractivity contribution in [3.8, 4) is 33.9 Å². The number of hydrogen-bond acceptors (Lipinski definition) is 5. The van der Waals surface area contributed by atoms with Crippen LogP contribution in [0.25, 0.3) is 55.8 Å². The highest BCUT2D eigenvalue weighted by atomic mass is 19.1. The molecule has 0 aliphatic carbocycles. The predicted molar refractivity (Wildman–Crippen MR) is 136 cm³/mol. The van der Waals surface area contributed by atoms with E-state index in [0.717, 1.165) is 0 Å². The summed E-state index contributed by atoms with van der Waals surface area (Å²) >= 11 is 0. The molecule has 3 N–H and O–H groups in total. The number of rotatable bonds is 5. The average molecular weight is 495 g/mol. The van der Waals surface area contributed by atoms with Crippen LogP contribution in [0, 0.1) is 11.6 Å². The number of aromatic amines is 2. The summed E-state index contributed by atoms with van der Waals surface area (Å²) in [6.07, 6.45) is 5.03. The van der Waals surface area contributed by atoms with Crippen LogP contribution in [0.15, 0.2) is 67.1 Å². The van der Waals surface area contributed by atoms with Gasteiger partial charge in [0.1, 0.15) is 28.2 Å². The minimum Gasteiger partial charge on any atom is -0.337 e. The quantitative estimate of drug-likeness (QED) is 0.277. The van der Waals surface area contributed by atoms with Crippen LogP contribution < -0.4 is 5.32 Å². The fourth-order valence-electron chi connectivity index (χ4n) is 4.24.